The minimum atomic E-state index is -0.505. The van der Waals surface area contributed by atoms with Crippen molar-refractivity contribution in [2.75, 3.05) is 26.8 Å². The lowest BCUT2D eigenvalue weighted by atomic mass is 9.56. The molecule has 4 heteroatoms. The quantitative estimate of drug-likeness (QED) is 0.809. The number of nitrogens with one attached hydrogen (secondary N) is 1. The topological polar surface area (TPSA) is 21.3 Å². The summed E-state index contributed by atoms with van der Waals surface area (Å²) in [6.07, 6.45) is 4.55. The maximum Gasteiger partial charge on any atom is 0.129 e. The molecule has 0 amide bonds. The Morgan fingerprint density at radius 1 is 1.25 bits per heavy atom. The number of hydrogen-bond donors (Lipinski definition) is 1. The van der Waals surface area contributed by atoms with Crippen LogP contribution in [0.5, 0.6) is 0 Å². The van der Waals surface area contributed by atoms with E-state index in [0.29, 0.717) is 17.6 Å². The lowest BCUT2D eigenvalue weighted by molar-refractivity contribution is 0.108. The van der Waals surface area contributed by atoms with Crippen molar-refractivity contribution in [2.24, 2.45) is 5.41 Å². The van der Waals surface area contributed by atoms with Gasteiger partial charge in [0.05, 0.1) is 6.61 Å². The predicted octanol–water partition coefficient (Wildman–Crippen LogP) is 3.01. The molecule has 2 nitrogen and oxygen atoms in total. The number of benzene rings is 1. The van der Waals surface area contributed by atoms with Gasteiger partial charge in [0.15, 0.2) is 0 Å². The van der Waals surface area contributed by atoms with Gasteiger partial charge in [-0.05, 0) is 42.7 Å². The van der Waals surface area contributed by atoms with Crippen LogP contribution in [0.15, 0.2) is 18.2 Å². The minimum Gasteiger partial charge on any atom is -0.383 e. The smallest absolute Gasteiger partial charge is 0.129 e. The van der Waals surface area contributed by atoms with Crippen LogP contribution in [0.3, 0.4) is 0 Å². The van der Waals surface area contributed by atoms with Crippen LogP contribution in [0.4, 0.5) is 8.78 Å². The Morgan fingerprint density at radius 3 is 2.60 bits per heavy atom. The van der Waals surface area contributed by atoms with Gasteiger partial charge in [-0.25, -0.2) is 8.78 Å². The average molecular weight is 281 g/mol. The van der Waals surface area contributed by atoms with Crippen LogP contribution in [0, 0.1) is 17.0 Å². The highest BCUT2D eigenvalue weighted by molar-refractivity contribution is 5.35. The summed E-state index contributed by atoms with van der Waals surface area (Å²) in [5.41, 5.74) is 0.965. The van der Waals surface area contributed by atoms with Crippen molar-refractivity contribution in [3.63, 3.8) is 0 Å². The highest BCUT2D eigenvalue weighted by atomic mass is 19.1. The van der Waals surface area contributed by atoms with Crippen LogP contribution < -0.4 is 5.32 Å². The first-order valence-electron chi connectivity index (χ1n) is 7.24. The monoisotopic (exact) mass is 281 g/mol. The van der Waals surface area contributed by atoms with Crippen LogP contribution in [-0.4, -0.2) is 26.8 Å². The Labute approximate surface area is 118 Å². The molecule has 1 aromatic rings. The van der Waals surface area contributed by atoms with Gasteiger partial charge in [-0.3, -0.25) is 0 Å². The fraction of sp³-hybridized carbons (Fsp3) is 0.625. The fourth-order valence-electron chi connectivity index (χ4n) is 3.75. The van der Waals surface area contributed by atoms with E-state index in [9.17, 15) is 8.78 Å². The highest BCUT2D eigenvalue weighted by Crippen LogP contribution is 2.68. The molecular weight excluding hydrogens is 260 g/mol. The first kappa shape index (κ1) is 14.0. The molecule has 0 radical (unpaired) electrons. The van der Waals surface area contributed by atoms with E-state index in [1.54, 1.807) is 13.2 Å². The normalized spacial score (nSPS) is 21.8. The molecule has 0 bridgehead atoms. The minimum absolute atomic E-state index is 0.165. The molecule has 0 unspecified atom stereocenters. The van der Waals surface area contributed by atoms with Crippen molar-refractivity contribution in [1.29, 1.82) is 0 Å². The Kier molecular flexibility index (Phi) is 3.55. The van der Waals surface area contributed by atoms with E-state index < -0.39 is 11.6 Å². The standard InChI is InChI=1S/C16H21F2NO/c1-20-7-6-19-11-16(9-15(10-16)4-5-15)13-3-2-12(17)8-14(13)18/h2-3,8,19H,4-7,9-11H2,1H3. The summed E-state index contributed by atoms with van der Waals surface area (Å²) in [4.78, 5) is 0. The lowest BCUT2D eigenvalue weighted by Gasteiger charge is -2.49. The zero-order chi connectivity index (χ0) is 14.2. The summed E-state index contributed by atoms with van der Waals surface area (Å²) < 4.78 is 32.2. The van der Waals surface area contributed by atoms with Crippen molar-refractivity contribution < 1.29 is 13.5 Å². The molecule has 0 heterocycles. The van der Waals surface area contributed by atoms with Gasteiger partial charge in [0, 0.05) is 31.7 Å². The van der Waals surface area contributed by atoms with Gasteiger partial charge in [-0.2, -0.15) is 0 Å². The van der Waals surface area contributed by atoms with E-state index >= 15 is 0 Å². The third-order valence-corrected chi connectivity index (χ3v) is 4.83. The van der Waals surface area contributed by atoms with E-state index in [4.69, 9.17) is 4.74 Å². The first-order valence-corrected chi connectivity index (χ1v) is 7.24. The maximum atomic E-state index is 14.1. The number of ether oxygens (including phenoxy) is 1. The summed E-state index contributed by atoms with van der Waals surface area (Å²) in [6, 6.07) is 4.00. The number of methoxy groups -OCH3 is 1. The van der Waals surface area contributed by atoms with Crippen LogP contribution in [0.2, 0.25) is 0 Å². The molecule has 2 aliphatic rings. The zero-order valence-corrected chi connectivity index (χ0v) is 11.8. The van der Waals surface area contributed by atoms with Crippen molar-refractivity contribution in [2.45, 2.75) is 31.1 Å². The van der Waals surface area contributed by atoms with E-state index in [2.05, 4.69) is 5.32 Å². The molecule has 0 aliphatic heterocycles. The van der Waals surface area contributed by atoms with Crippen LogP contribution >= 0.6 is 0 Å². The molecule has 0 atom stereocenters. The molecule has 110 valence electrons. The van der Waals surface area contributed by atoms with Crippen LogP contribution in [-0.2, 0) is 10.2 Å². The maximum absolute atomic E-state index is 14.1. The van der Waals surface area contributed by atoms with Crippen molar-refractivity contribution in [3.8, 4) is 0 Å². The Morgan fingerprint density at radius 2 is 2.00 bits per heavy atom. The van der Waals surface area contributed by atoms with Gasteiger partial charge in [-0.1, -0.05) is 6.07 Å². The van der Waals surface area contributed by atoms with Crippen molar-refractivity contribution in [1.82, 2.24) is 5.32 Å². The van der Waals surface area contributed by atoms with E-state index in [0.717, 1.165) is 32.0 Å². The summed E-state index contributed by atoms with van der Waals surface area (Å²) in [6.45, 7) is 2.14. The van der Waals surface area contributed by atoms with Crippen LogP contribution in [0.25, 0.3) is 0 Å². The second-order valence-corrected chi connectivity index (χ2v) is 6.43. The second kappa shape index (κ2) is 5.08. The molecule has 1 N–H and O–H groups in total. The SMILES string of the molecule is COCCNCC1(c2ccc(F)cc2F)CC2(CC2)C1. The molecular formula is C16H21F2NO. The van der Waals surface area contributed by atoms with Crippen molar-refractivity contribution >= 4 is 0 Å². The van der Waals surface area contributed by atoms with Crippen LogP contribution in [0.1, 0.15) is 31.2 Å². The third-order valence-electron chi connectivity index (χ3n) is 4.83. The fourth-order valence-corrected chi connectivity index (χ4v) is 3.75. The summed E-state index contributed by atoms with van der Waals surface area (Å²) in [5, 5.41) is 3.35. The molecule has 2 aliphatic carbocycles. The van der Waals surface area contributed by atoms with Gasteiger partial charge in [-0.15, -0.1) is 0 Å². The molecule has 1 aromatic carbocycles. The number of halogens is 2. The van der Waals surface area contributed by atoms with Gasteiger partial charge in [0.1, 0.15) is 11.6 Å². The molecule has 1 spiro atoms. The van der Waals surface area contributed by atoms with E-state index in [-0.39, 0.29) is 5.41 Å². The molecule has 0 saturated heterocycles. The first-order chi connectivity index (χ1) is 9.59. The Hall–Kier alpha value is -1.00. The summed E-state index contributed by atoms with van der Waals surface area (Å²) in [7, 11) is 1.67. The molecule has 0 aromatic heterocycles. The highest BCUT2D eigenvalue weighted by Gasteiger charge is 2.61. The average Bonchev–Trinajstić information content (AvgIpc) is 3.14. The third kappa shape index (κ3) is 2.47. The summed E-state index contributed by atoms with van der Waals surface area (Å²) >= 11 is 0. The number of hydrogen-bond acceptors (Lipinski definition) is 2. The van der Waals surface area contributed by atoms with Gasteiger partial charge in [0.2, 0.25) is 0 Å². The molecule has 2 saturated carbocycles. The second-order valence-electron chi connectivity index (χ2n) is 6.43. The Bertz CT molecular complexity index is 491. The molecule has 3 rings (SSSR count). The number of rotatable bonds is 6. The van der Waals surface area contributed by atoms with Crippen molar-refractivity contribution in [3.05, 3.63) is 35.4 Å². The summed E-state index contributed by atoms with van der Waals surface area (Å²) in [5.74, 6) is -0.914. The molecule has 2 fully saturated rings. The Balaban J connectivity index is 1.75. The van der Waals surface area contributed by atoms with Gasteiger partial charge < -0.3 is 10.1 Å². The lowest BCUT2D eigenvalue weighted by Crippen LogP contribution is -2.50. The molecule has 20 heavy (non-hydrogen) atoms. The zero-order valence-electron chi connectivity index (χ0n) is 11.8. The van der Waals surface area contributed by atoms with Gasteiger partial charge in [0.25, 0.3) is 0 Å². The van der Waals surface area contributed by atoms with E-state index in [1.165, 1.54) is 18.9 Å². The largest absolute Gasteiger partial charge is 0.383 e. The van der Waals surface area contributed by atoms with Gasteiger partial charge >= 0.3 is 0 Å². The predicted molar refractivity (Wildman–Crippen MR) is 73.7 cm³/mol. The van der Waals surface area contributed by atoms with E-state index in [1.807, 2.05) is 0 Å².